The predicted molar refractivity (Wildman–Crippen MR) is 236 cm³/mol. The van der Waals surface area contributed by atoms with Crippen LogP contribution in [0.5, 0.6) is 11.5 Å². The molecule has 0 radical (unpaired) electrons. The van der Waals surface area contributed by atoms with Gasteiger partial charge in [-0.1, -0.05) is 65.7 Å². The summed E-state index contributed by atoms with van der Waals surface area (Å²) in [5.74, 6) is -1.53. The number of hydrogen-bond donors (Lipinski definition) is 2. The normalized spacial score (nSPS) is 18.0. The van der Waals surface area contributed by atoms with E-state index < -0.39 is 24.0 Å². The van der Waals surface area contributed by atoms with Crippen LogP contribution in [0.4, 0.5) is 0 Å². The number of rotatable bonds is 12. The van der Waals surface area contributed by atoms with E-state index in [1.54, 1.807) is 71.5 Å². The standard InChI is InChI=1S/C24H24ClN3O4.C24H21ClN2O4/c1-15-13-16(2)27(26-15)14-32-18-9-7-17(8-10-18)23(29)28-21(11-12-22(28)24(30)31)19-5-3-4-6-20(19)25;25-20-7-2-1-6-19(20)21-12-13-22(24(29)30)27(21)23(28)16-8-10-18(11-9-16)31-15-17-5-3-4-14-26-17/h3-10,13,21-22H,11-12,14H2,1-2H3,(H,30,31);1-11,14,21-22H,12-13,15H2,(H,29,30)/t2*21-,22+/m11/s1. The summed E-state index contributed by atoms with van der Waals surface area (Å²) in [6.45, 7) is 4.45. The van der Waals surface area contributed by atoms with Crippen LogP contribution < -0.4 is 9.47 Å². The van der Waals surface area contributed by atoms with Crippen molar-refractivity contribution in [2.75, 3.05) is 0 Å². The number of carbonyl (C=O) groups excluding carboxylic acids is 2. The van der Waals surface area contributed by atoms with Gasteiger partial charge in [-0.05, 0) is 130 Å². The van der Waals surface area contributed by atoms with Gasteiger partial charge in [0.2, 0.25) is 0 Å². The van der Waals surface area contributed by atoms with E-state index in [4.69, 9.17) is 32.7 Å². The maximum Gasteiger partial charge on any atom is 0.326 e. The second-order valence-corrected chi connectivity index (χ2v) is 16.0. The van der Waals surface area contributed by atoms with Crippen molar-refractivity contribution >= 4 is 47.0 Å². The molecule has 2 aliphatic rings. The summed E-state index contributed by atoms with van der Waals surface area (Å²) >= 11 is 12.7. The summed E-state index contributed by atoms with van der Waals surface area (Å²) in [5, 5.41) is 24.8. The third kappa shape index (κ3) is 10.3. The zero-order chi connectivity index (χ0) is 44.6. The molecule has 0 aliphatic carbocycles. The molecule has 4 aromatic carbocycles. The zero-order valence-electron chi connectivity index (χ0n) is 34.5. The first-order valence-electron chi connectivity index (χ1n) is 20.4. The molecule has 63 heavy (non-hydrogen) atoms. The lowest BCUT2D eigenvalue weighted by molar-refractivity contribution is -0.142. The molecule has 8 rings (SSSR count). The lowest BCUT2D eigenvalue weighted by atomic mass is 10.0. The number of ether oxygens (including phenoxy) is 2. The highest BCUT2D eigenvalue weighted by atomic mass is 35.5. The number of carbonyl (C=O) groups is 4. The van der Waals surface area contributed by atoms with Gasteiger partial charge in [0.1, 0.15) is 30.2 Å². The number of halogens is 2. The number of carboxylic acids is 2. The number of hydrogen-bond acceptors (Lipinski definition) is 8. The van der Waals surface area contributed by atoms with E-state index in [0.717, 1.165) is 28.2 Å². The topological polar surface area (TPSA) is 164 Å². The average Bonchev–Trinajstić information content (AvgIpc) is 4.02. The molecule has 4 heterocycles. The van der Waals surface area contributed by atoms with Crippen molar-refractivity contribution < 1.29 is 38.9 Å². The summed E-state index contributed by atoms with van der Waals surface area (Å²) in [6.07, 6.45) is 3.53. The number of carboxylic acid groups (broad SMARTS) is 2. The quantitative estimate of drug-likeness (QED) is 0.121. The molecule has 6 aromatic rings. The Balaban J connectivity index is 0.000000189. The minimum absolute atomic E-state index is 0.259. The molecule has 2 saturated heterocycles. The van der Waals surface area contributed by atoms with E-state index in [0.29, 0.717) is 65.0 Å². The number of amides is 2. The van der Waals surface area contributed by atoms with Crippen molar-refractivity contribution in [1.29, 1.82) is 0 Å². The van der Waals surface area contributed by atoms with Crippen molar-refractivity contribution in [2.24, 2.45) is 0 Å². The number of aromatic nitrogens is 3. The van der Waals surface area contributed by atoms with E-state index in [2.05, 4.69) is 10.1 Å². The highest BCUT2D eigenvalue weighted by Gasteiger charge is 2.44. The Bertz CT molecular complexity index is 2570. The molecule has 2 fully saturated rings. The Morgan fingerprint density at radius 3 is 1.54 bits per heavy atom. The van der Waals surface area contributed by atoms with Crippen LogP contribution in [-0.2, 0) is 22.9 Å². The van der Waals surface area contributed by atoms with Crippen LogP contribution in [-0.4, -0.2) is 70.6 Å². The summed E-state index contributed by atoms with van der Waals surface area (Å²) in [6, 6.07) is 32.9. The molecule has 2 N–H and O–H groups in total. The van der Waals surface area contributed by atoms with E-state index >= 15 is 0 Å². The van der Waals surface area contributed by atoms with Gasteiger partial charge in [-0.25, -0.2) is 14.3 Å². The van der Waals surface area contributed by atoms with Crippen LogP contribution >= 0.6 is 23.2 Å². The van der Waals surface area contributed by atoms with E-state index in [1.165, 1.54) is 9.80 Å². The van der Waals surface area contributed by atoms with Gasteiger partial charge in [-0.2, -0.15) is 5.10 Å². The number of benzene rings is 4. The van der Waals surface area contributed by atoms with Gasteiger partial charge < -0.3 is 29.5 Å². The molecule has 0 saturated carbocycles. The maximum atomic E-state index is 13.4. The van der Waals surface area contributed by atoms with Crippen molar-refractivity contribution in [3.8, 4) is 11.5 Å². The first-order valence-corrected chi connectivity index (χ1v) is 21.1. The highest BCUT2D eigenvalue weighted by molar-refractivity contribution is 6.31. The van der Waals surface area contributed by atoms with Gasteiger partial charge in [0.05, 0.1) is 23.5 Å². The predicted octanol–water partition coefficient (Wildman–Crippen LogP) is 9.36. The van der Waals surface area contributed by atoms with Gasteiger partial charge in [0.25, 0.3) is 11.8 Å². The molecule has 4 atom stereocenters. The molecule has 13 nitrogen and oxygen atoms in total. The number of pyridine rings is 1. The van der Waals surface area contributed by atoms with Gasteiger partial charge in [0.15, 0.2) is 6.73 Å². The fraction of sp³-hybridized carbons (Fsp3) is 0.250. The molecular formula is C48H45Cl2N5O8. The third-order valence-electron chi connectivity index (χ3n) is 11.1. The van der Waals surface area contributed by atoms with E-state index in [9.17, 15) is 29.4 Å². The molecule has 2 amide bonds. The Morgan fingerprint density at radius 2 is 1.11 bits per heavy atom. The zero-order valence-corrected chi connectivity index (χ0v) is 36.0. The fourth-order valence-electron chi connectivity index (χ4n) is 8.04. The summed E-state index contributed by atoms with van der Waals surface area (Å²) in [5.41, 5.74) is 5.02. The second kappa shape index (κ2) is 20.0. The monoisotopic (exact) mass is 889 g/mol. The van der Waals surface area contributed by atoms with Crippen molar-refractivity contribution in [3.05, 3.63) is 177 Å². The molecule has 0 spiro atoms. The van der Waals surface area contributed by atoms with Gasteiger partial charge in [0, 0.05) is 33.1 Å². The van der Waals surface area contributed by atoms with Crippen LogP contribution in [0.1, 0.15) is 86.7 Å². The molecule has 0 unspecified atom stereocenters. The molecule has 324 valence electrons. The number of nitrogens with zero attached hydrogens (tertiary/aromatic N) is 5. The fourth-order valence-corrected chi connectivity index (χ4v) is 8.57. The van der Waals surface area contributed by atoms with E-state index in [1.807, 2.05) is 74.5 Å². The Labute approximate surface area is 374 Å². The largest absolute Gasteiger partial charge is 0.487 e. The summed E-state index contributed by atoms with van der Waals surface area (Å²) < 4.78 is 13.2. The molecule has 15 heteroatoms. The van der Waals surface area contributed by atoms with Gasteiger partial charge in [-0.3, -0.25) is 14.6 Å². The lowest BCUT2D eigenvalue weighted by Crippen LogP contribution is -2.41. The smallest absolute Gasteiger partial charge is 0.326 e. The molecule has 0 bridgehead atoms. The highest BCUT2D eigenvalue weighted by Crippen LogP contribution is 2.41. The lowest BCUT2D eigenvalue weighted by Gasteiger charge is -2.29. The molecule has 2 aliphatic heterocycles. The van der Waals surface area contributed by atoms with Crippen LogP contribution in [0.2, 0.25) is 10.0 Å². The van der Waals surface area contributed by atoms with Crippen LogP contribution in [0.3, 0.4) is 0 Å². The summed E-state index contributed by atoms with van der Waals surface area (Å²) in [4.78, 5) is 57.5. The SMILES string of the molecule is Cc1cc(C)n(COc2ccc(C(=O)N3[C@@H](c4ccccc4Cl)CC[C@H]3C(=O)O)cc2)n1.O=C(O)[C@@H]1CC[C@H](c2ccccc2Cl)N1C(=O)c1ccc(OCc2ccccn2)cc1. The number of aliphatic carboxylic acids is 2. The van der Waals surface area contributed by atoms with Crippen molar-refractivity contribution in [3.63, 3.8) is 0 Å². The first-order chi connectivity index (χ1) is 30.4. The Morgan fingerprint density at radius 1 is 0.635 bits per heavy atom. The second-order valence-electron chi connectivity index (χ2n) is 15.2. The van der Waals surface area contributed by atoms with Gasteiger partial charge >= 0.3 is 11.9 Å². The Kier molecular flexibility index (Phi) is 14.1. The van der Waals surface area contributed by atoms with Gasteiger partial charge in [-0.15, -0.1) is 0 Å². The van der Waals surface area contributed by atoms with Crippen LogP contribution in [0, 0.1) is 13.8 Å². The minimum Gasteiger partial charge on any atom is -0.487 e. The van der Waals surface area contributed by atoms with Crippen LogP contribution in [0.25, 0.3) is 0 Å². The molecular weight excluding hydrogens is 845 g/mol. The maximum absolute atomic E-state index is 13.4. The summed E-state index contributed by atoms with van der Waals surface area (Å²) in [7, 11) is 0. The van der Waals surface area contributed by atoms with Crippen LogP contribution in [0.15, 0.2) is 128 Å². The average molecular weight is 891 g/mol. The first kappa shape index (κ1) is 44.4. The number of likely N-dealkylation sites (tertiary alicyclic amines) is 2. The Hall–Kier alpha value is -6.70. The minimum atomic E-state index is -1.02. The van der Waals surface area contributed by atoms with E-state index in [-0.39, 0.29) is 30.6 Å². The third-order valence-corrected chi connectivity index (χ3v) is 11.8. The number of aryl methyl sites for hydroxylation is 2. The van der Waals surface area contributed by atoms with Crippen molar-refractivity contribution in [1.82, 2.24) is 24.6 Å². The van der Waals surface area contributed by atoms with Crippen molar-refractivity contribution in [2.45, 2.75) is 77.0 Å². The molecule has 2 aromatic heterocycles.